The smallest absolute Gasteiger partial charge is 0.324 e. The molecule has 2 aromatic heterocycles. The van der Waals surface area contributed by atoms with Crippen molar-refractivity contribution in [3.8, 4) is 5.69 Å². The van der Waals surface area contributed by atoms with E-state index in [1.54, 1.807) is 24.5 Å². The molecule has 0 bridgehead atoms. The number of halogens is 4. The zero-order valence-corrected chi connectivity index (χ0v) is 14.8. The monoisotopic (exact) mass is 404 g/mol. The second-order valence-electron chi connectivity index (χ2n) is 5.38. The fourth-order valence-electron chi connectivity index (χ4n) is 2.28. The highest BCUT2D eigenvalue weighted by Crippen LogP contribution is 2.34. The number of sulfonamides is 1. The highest BCUT2D eigenvalue weighted by Gasteiger charge is 2.32. The van der Waals surface area contributed by atoms with E-state index in [1.165, 1.54) is 28.6 Å². The second kappa shape index (κ2) is 6.36. The Kier molecular flexibility index (Phi) is 4.49. The molecular formula is C15H12ClF3N4O2S. The highest BCUT2D eigenvalue weighted by atomic mass is 35.5. The minimum absolute atomic E-state index is 0.160. The first-order valence-corrected chi connectivity index (χ1v) is 9.00. The van der Waals surface area contributed by atoms with E-state index in [4.69, 9.17) is 11.6 Å². The third kappa shape index (κ3) is 3.42. The van der Waals surface area contributed by atoms with Crippen LogP contribution in [0.5, 0.6) is 0 Å². The Morgan fingerprint density at radius 3 is 2.38 bits per heavy atom. The fourth-order valence-corrected chi connectivity index (χ4v) is 3.78. The maximum atomic E-state index is 13.0. The van der Waals surface area contributed by atoms with Gasteiger partial charge in [0, 0.05) is 19.4 Å². The summed E-state index contributed by atoms with van der Waals surface area (Å²) in [6, 6.07) is 6.10. The lowest BCUT2D eigenvalue weighted by atomic mass is 10.1. The zero-order valence-electron chi connectivity index (χ0n) is 13.2. The second-order valence-corrected chi connectivity index (χ2v) is 7.33. The van der Waals surface area contributed by atoms with Gasteiger partial charge in [0.15, 0.2) is 0 Å². The number of hydrogen-bond donors (Lipinski definition) is 1. The average molecular weight is 405 g/mol. The number of alkyl halides is 3. The Hall–Kier alpha value is -2.46. The van der Waals surface area contributed by atoms with E-state index in [9.17, 15) is 21.6 Å². The van der Waals surface area contributed by atoms with Crippen LogP contribution in [-0.4, -0.2) is 22.5 Å². The summed E-state index contributed by atoms with van der Waals surface area (Å²) in [7, 11) is -2.80. The van der Waals surface area contributed by atoms with Crippen molar-refractivity contribution in [3.63, 3.8) is 0 Å². The molecule has 0 atom stereocenters. The normalized spacial score (nSPS) is 12.3. The summed E-state index contributed by atoms with van der Waals surface area (Å²) < 4.78 is 69.2. The summed E-state index contributed by atoms with van der Waals surface area (Å²) in [5.41, 5.74) is -1.02. The van der Waals surface area contributed by atoms with Gasteiger partial charge in [0.2, 0.25) is 5.03 Å². The zero-order chi connectivity index (χ0) is 19.1. The van der Waals surface area contributed by atoms with Gasteiger partial charge >= 0.3 is 6.18 Å². The number of anilines is 1. The maximum absolute atomic E-state index is 13.0. The third-order valence-electron chi connectivity index (χ3n) is 3.54. The molecule has 0 aliphatic rings. The molecule has 138 valence electrons. The van der Waals surface area contributed by atoms with Gasteiger partial charge in [-0.25, -0.2) is 4.98 Å². The molecule has 26 heavy (non-hydrogen) atoms. The molecule has 6 nitrogen and oxygen atoms in total. The fraction of sp³-hybridized carbons (Fsp3) is 0.133. The Labute approximate surface area is 151 Å². The van der Waals surface area contributed by atoms with Gasteiger partial charge in [0.1, 0.15) is 5.15 Å². The van der Waals surface area contributed by atoms with Gasteiger partial charge in [0.05, 0.1) is 23.3 Å². The number of nitrogens with zero attached hydrogens (tertiary/aromatic N) is 3. The molecule has 11 heteroatoms. The van der Waals surface area contributed by atoms with Gasteiger partial charge in [0.25, 0.3) is 10.0 Å². The Morgan fingerprint density at radius 1 is 1.19 bits per heavy atom. The van der Waals surface area contributed by atoms with Crippen LogP contribution < -0.4 is 4.72 Å². The summed E-state index contributed by atoms with van der Waals surface area (Å²) in [4.78, 5) is 3.70. The maximum Gasteiger partial charge on any atom is 0.416 e. The Bertz CT molecular complexity index is 1040. The Balaban J connectivity index is 2.11. The molecule has 0 aliphatic carbocycles. The predicted octanol–water partition coefficient (Wildman–Crippen LogP) is 3.68. The van der Waals surface area contributed by atoms with Gasteiger partial charge in [-0.2, -0.15) is 21.6 Å². The molecule has 0 radical (unpaired) electrons. The summed E-state index contributed by atoms with van der Waals surface area (Å²) >= 11 is 5.90. The van der Waals surface area contributed by atoms with Crippen LogP contribution in [-0.2, 0) is 23.2 Å². The number of aryl methyl sites for hydroxylation is 1. The van der Waals surface area contributed by atoms with Gasteiger partial charge in [-0.15, -0.1) is 0 Å². The first-order valence-electron chi connectivity index (χ1n) is 7.14. The van der Waals surface area contributed by atoms with Crippen molar-refractivity contribution in [2.75, 3.05) is 4.72 Å². The molecule has 0 unspecified atom stereocenters. The summed E-state index contributed by atoms with van der Waals surface area (Å²) in [5, 5.41) is -0.635. The lowest BCUT2D eigenvalue weighted by molar-refractivity contribution is -0.137. The highest BCUT2D eigenvalue weighted by molar-refractivity contribution is 7.92. The van der Waals surface area contributed by atoms with E-state index >= 15 is 0 Å². The topological polar surface area (TPSA) is 68.9 Å². The first-order chi connectivity index (χ1) is 12.1. The summed E-state index contributed by atoms with van der Waals surface area (Å²) in [6.45, 7) is 0. The lowest BCUT2D eigenvalue weighted by Crippen LogP contribution is -2.17. The molecule has 3 aromatic rings. The standard InChI is InChI=1S/C15H12ClF3N4O2S/c1-22-9-20-14(13(22)16)26(24,25)21-11-8-10(15(17,18)19)4-5-12(11)23-6-2-3-7-23/h2-9,21H,1H3. The van der Waals surface area contributed by atoms with Crippen molar-refractivity contribution in [1.29, 1.82) is 0 Å². The van der Waals surface area contributed by atoms with E-state index in [-0.39, 0.29) is 16.5 Å². The molecule has 0 saturated carbocycles. The molecule has 0 amide bonds. The molecule has 2 heterocycles. The van der Waals surface area contributed by atoms with E-state index in [1.807, 2.05) is 0 Å². The van der Waals surface area contributed by atoms with Crippen LogP contribution >= 0.6 is 11.6 Å². The Morgan fingerprint density at radius 2 is 1.85 bits per heavy atom. The minimum atomic E-state index is -4.63. The molecule has 0 spiro atoms. The van der Waals surface area contributed by atoms with Gasteiger partial charge in [-0.1, -0.05) is 11.6 Å². The minimum Gasteiger partial charge on any atom is -0.324 e. The molecule has 0 saturated heterocycles. The number of nitrogens with one attached hydrogen (secondary N) is 1. The van der Waals surface area contributed by atoms with E-state index in [0.29, 0.717) is 0 Å². The van der Waals surface area contributed by atoms with Crippen LogP contribution in [0.2, 0.25) is 5.15 Å². The lowest BCUT2D eigenvalue weighted by Gasteiger charge is -2.16. The summed E-state index contributed by atoms with van der Waals surface area (Å²) in [5.74, 6) is 0. The molecule has 1 N–H and O–H groups in total. The van der Waals surface area contributed by atoms with Crippen molar-refractivity contribution < 1.29 is 21.6 Å². The van der Waals surface area contributed by atoms with Crippen molar-refractivity contribution in [3.05, 3.63) is 59.8 Å². The number of rotatable bonds is 4. The van der Waals surface area contributed by atoms with Crippen LogP contribution in [0.1, 0.15) is 5.56 Å². The number of hydrogen-bond acceptors (Lipinski definition) is 3. The third-order valence-corrected chi connectivity index (χ3v) is 5.39. The number of aromatic nitrogens is 3. The largest absolute Gasteiger partial charge is 0.416 e. The predicted molar refractivity (Wildman–Crippen MR) is 89.8 cm³/mol. The van der Waals surface area contributed by atoms with Crippen molar-refractivity contribution in [2.45, 2.75) is 11.2 Å². The number of benzene rings is 1. The summed E-state index contributed by atoms with van der Waals surface area (Å²) in [6.07, 6.45) is -0.282. The first kappa shape index (κ1) is 18.3. The van der Waals surface area contributed by atoms with E-state index < -0.39 is 26.8 Å². The molecule has 3 rings (SSSR count). The van der Waals surface area contributed by atoms with Gasteiger partial charge in [-0.3, -0.25) is 4.72 Å². The van der Waals surface area contributed by atoms with Gasteiger partial charge in [-0.05, 0) is 30.3 Å². The average Bonchev–Trinajstić information content (AvgIpc) is 3.17. The number of imidazole rings is 1. The van der Waals surface area contributed by atoms with Crippen LogP contribution in [0.15, 0.2) is 54.1 Å². The SMILES string of the molecule is Cn1cnc(S(=O)(=O)Nc2cc(C(F)(F)F)ccc2-n2cccc2)c1Cl. The van der Waals surface area contributed by atoms with Crippen LogP contribution in [0.4, 0.5) is 18.9 Å². The molecule has 0 aliphatic heterocycles. The van der Waals surface area contributed by atoms with E-state index in [2.05, 4.69) is 9.71 Å². The molecule has 0 fully saturated rings. The van der Waals surface area contributed by atoms with Gasteiger partial charge < -0.3 is 9.13 Å². The molecule has 1 aromatic carbocycles. The quantitative estimate of drug-likeness (QED) is 0.721. The van der Waals surface area contributed by atoms with Crippen molar-refractivity contribution in [1.82, 2.24) is 14.1 Å². The molecular weight excluding hydrogens is 393 g/mol. The van der Waals surface area contributed by atoms with Crippen LogP contribution in [0.25, 0.3) is 5.69 Å². The van der Waals surface area contributed by atoms with Crippen LogP contribution in [0, 0.1) is 0 Å². The van der Waals surface area contributed by atoms with Crippen molar-refractivity contribution >= 4 is 27.3 Å². The van der Waals surface area contributed by atoms with Crippen molar-refractivity contribution in [2.24, 2.45) is 7.05 Å². The van der Waals surface area contributed by atoms with E-state index in [0.717, 1.165) is 12.1 Å². The van der Waals surface area contributed by atoms with Crippen LogP contribution in [0.3, 0.4) is 0 Å².